The first-order valence-electron chi connectivity index (χ1n) is 14.0. The van der Waals surface area contributed by atoms with Crippen LogP contribution in [0.15, 0.2) is 108 Å². The van der Waals surface area contributed by atoms with Gasteiger partial charge in [0.05, 0.1) is 26.7 Å². The van der Waals surface area contributed by atoms with Gasteiger partial charge in [-0.25, -0.2) is 9.59 Å². The first-order valence-corrected chi connectivity index (χ1v) is 14.9. The number of hydrogen-bond donors (Lipinski definition) is 0. The summed E-state index contributed by atoms with van der Waals surface area (Å²) in [5.74, 6) is -2.27. The van der Waals surface area contributed by atoms with Crippen molar-refractivity contribution in [3.05, 3.63) is 109 Å². The molecular weight excluding hydrogens is 615 g/mol. The molecule has 9 nitrogen and oxygen atoms in total. The monoisotopic (exact) mass is 648 g/mol. The fourth-order valence-electron chi connectivity index (χ4n) is 3.66. The van der Waals surface area contributed by atoms with Gasteiger partial charge in [-0.05, 0) is 70.9 Å². The highest BCUT2D eigenvalue weighted by atomic mass is 32.2. The third-order valence-electron chi connectivity index (χ3n) is 6.02. The molecule has 0 radical (unpaired) electrons. The van der Waals surface area contributed by atoms with Gasteiger partial charge in [0, 0.05) is 16.9 Å². The highest BCUT2D eigenvalue weighted by Crippen LogP contribution is 2.25. The van der Waals surface area contributed by atoms with E-state index < -0.39 is 23.7 Å². The average molecular weight is 649 g/mol. The van der Waals surface area contributed by atoms with Gasteiger partial charge in [-0.15, -0.1) is 0 Å². The highest BCUT2D eigenvalue weighted by molar-refractivity contribution is 8.14. The van der Waals surface area contributed by atoms with E-state index in [2.05, 4.69) is 22.6 Å². The van der Waals surface area contributed by atoms with Gasteiger partial charge in [-0.2, -0.15) is 4.39 Å². The zero-order valence-corrected chi connectivity index (χ0v) is 26.0. The molecule has 0 heterocycles. The summed E-state index contributed by atoms with van der Waals surface area (Å²) in [6.07, 6.45) is 3.49. The van der Waals surface area contributed by atoms with E-state index in [9.17, 15) is 23.6 Å². The summed E-state index contributed by atoms with van der Waals surface area (Å²) in [5.41, 5.74) is 2.83. The predicted molar refractivity (Wildman–Crippen MR) is 172 cm³/mol. The third-order valence-corrected chi connectivity index (χ3v) is 6.87. The zero-order valence-electron chi connectivity index (χ0n) is 25.2. The number of esters is 3. The van der Waals surface area contributed by atoms with Crippen molar-refractivity contribution >= 4 is 40.9 Å². The predicted octanol–water partition coefficient (Wildman–Crippen LogP) is 6.52. The van der Waals surface area contributed by atoms with Crippen LogP contribution in [-0.4, -0.2) is 56.6 Å². The molecule has 0 atom stereocenters. The van der Waals surface area contributed by atoms with E-state index in [1.807, 2.05) is 36.4 Å². The number of rotatable bonds is 17. The van der Waals surface area contributed by atoms with Gasteiger partial charge in [0.2, 0.25) is 10.9 Å². The molecule has 240 valence electrons. The molecule has 11 heteroatoms. The molecule has 0 unspecified atom stereocenters. The lowest BCUT2D eigenvalue weighted by atomic mass is 10.0. The Morgan fingerprint density at radius 2 is 1.30 bits per heavy atom. The molecule has 3 aromatic carbocycles. The molecule has 0 saturated heterocycles. The van der Waals surface area contributed by atoms with Crippen LogP contribution in [-0.2, 0) is 33.4 Å². The number of halogens is 1. The van der Waals surface area contributed by atoms with Crippen molar-refractivity contribution in [2.75, 3.05) is 33.5 Å². The second-order valence-electron chi connectivity index (χ2n) is 9.46. The molecule has 0 amide bonds. The maximum atomic E-state index is 12.6. The number of carbonyl (C=O) groups is 4. The van der Waals surface area contributed by atoms with Gasteiger partial charge in [0.15, 0.2) is 0 Å². The maximum absolute atomic E-state index is 12.6. The maximum Gasteiger partial charge on any atom is 0.366 e. The Labute approximate surface area is 270 Å². The summed E-state index contributed by atoms with van der Waals surface area (Å²) in [7, 11) is 1.23. The molecule has 0 spiro atoms. The molecule has 0 fully saturated rings. The Morgan fingerprint density at radius 3 is 1.91 bits per heavy atom. The van der Waals surface area contributed by atoms with Crippen molar-refractivity contribution in [1.29, 1.82) is 0 Å². The fourth-order valence-corrected chi connectivity index (χ4v) is 4.30. The largest absolute Gasteiger partial charge is 0.493 e. The molecule has 46 heavy (non-hydrogen) atoms. The van der Waals surface area contributed by atoms with Crippen molar-refractivity contribution in [1.82, 2.24) is 0 Å². The minimum Gasteiger partial charge on any atom is -0.493 e. The van der Waals surface area contributed by atoms with E-state index in [0.29, 0.717) is 24.5 Å². The normalized spacial score (nSPS) is 10.6. The molecule has 0 N–H and O–H groups in total. The lowest BCUT2D eigenvalue weighted by Gasteiger charge is -2.08. The number of carbonyl (C=O) groups excluding carboxylic acids is 4. The molecule has 0 aliphatic heterocycles. The Bertz CT molecular complexity index is 1550. The van der Waals surface area contributed by atoms with E-state index in [-0.39, 0.29) is 36.9 Å². The van der Waals surface area contributed by atoms with Crippen LogP contribution in [0.1, 0.15) is 18.4 Å². The van der Waals surface area contributed by atoms with E-state index in [1.54, 1.807) is 42.5 Å². The molecule has 0 aliphatic rings. The van der Waals surface area contributed by atoms with Crippen LogP contribution in [0.2, 0.25) is 0 Å². The van der Waals surface area contributed by atoms with Crippen molar-refractivity contribution in [3.8, 4) is 22.6 Å². The average Bonchev–Trinajstić information content (AvgIpc) is 3.06. The fraction of sp³-hybridized carbons (Fsp3) is 0.200. The van der Waals surface area contributed by atoms with E-state index in [4.69, 9.17) is 14.2 Å². The Hall–Kier alpha value is -5.16. The molecule has 0 aliphatic carbocycles. The number of methoxy groups -OCH3 is 1. The second kappa shape index (κ2) is 18.6. The van der Waals surface area contributed by atoms with Crippen LogP contribution in [0.25, 0.3) is 17.2 Å². The van der Waals surface area contributed by atoms with E-state index >= 15 is 0 Å². The van der Waals surface area contributed by atoms with Gasteiger partial charge in [-0.1, -0.05) is 55.6 Å². The van der Waals surface area contributed by atoms with E-state index in [0.717, 1.165) is 33.3 Å². The topological polar surface area (TPSA) is 114 Å². The lowest BCUT2D eigenvalue weighted by Crippen LogP contribution is -2.13. The van der Waals surface area contributed by atoms with Crippen LogP contribution < -0.4 is 9.47 Å². The minimum absolute atomic E-state index is 0.0280. The third kappa shape index (κ3) is 12.4. The smallest absolute Gasteiger partial charge is 0.366 e. The molecule has 0 bridgehead atoms. The number of benzene rings is 3. The van der Waals surface area contributed by atoms with Crippen molar-refractivity contribution in [2.24, 2.45) is 0 Å². The summed E-state index contributed by atoms with van der Waals surface area (Å²) in [6, 6.07) is 22.1. The van der Waals surface area contributed by atoms with Gasteiger partial charge < -0.3 is 23.7 Å². The highest BCUT2D eigenvalue weighted by Gasteiger charge is 2.13. The van der Waals surface area contributed by atoms with E-state index in [1.165, 1.54) is 13.2 Å². The summed E-state index contributed by atoms with van der Waals surface area (Å²) < 4.78 is 37.9. The molecule has 3 rings (SSSR count). The van der Waals surface area contributed by atoms with Crippen LogP contribution in [0, 0.1) is 0 Å². The Morgan fingerprint density at radius 1 is 0.739 bits per heavy atom. The zero-order chi connectivity index (χ0) is 33.3. The van der Waals surface area contributed by atoms with Crippen LogP contribution in [0.4, 0.5) is 4.39 Å². The van der Waals surface area contributed by atoms with Gasteiger partial charge >= 0.3 is 17.9 Å². The summed E-state index contributed by atoms with van der Waals surface area (Å²) >= 11 is 1.09. The molecule has 0 aromatic heterocycles. The summed E-state index contributed by atoms with van der Waals surface area (Å²) in [4.78, 5) is 47.3. The standard InChI is InChI=1S/C35H33FO9S/c1-24(23-32(37)41-3)34(39)44-20-4-19-42-30-14-16-31(17-15-30)46-33(38)18-7-26-5-8-27(9-6-26)28-10-12-29(13-11-28)43-21-22-45-35(40)25(2)36/h5-18H,1-2,4,19-23H2,3H3/b18-7+. The molecule has 3 aromatic rings. The molecular formula is C35H33FO9S. The Balaban J connectivity index is 1.37. The number of hydrogen-bond acceptors (Lipinski definition) is 10. The Kier molecular flexibility index (Phi) is 14.3. The van der Waals surface area contributed by atoms with Gasteiger partial charge in [-0.3, -0.25) is 9.59 Å². The SMILES string of the molecule is C=C(F)C(=O)OCCOc1ccc(-c2ccc(/C=C/C(=O)Sc3ccc(OCCCOC(=O)C(=C)CC(=O)OC)cc3)cc2)cc1. The number of thioether (sulfide) groups is 1. The van der Waals surface area contributed by atoms with Crippen LogP contribution >= 0.6 is 11.8 Å². The first-order chi connectivity index (χ1) is 22.1. The second-order valence-corrected chi connectivity index (χ2v) is 10.5. The van der Waals surface area contributed by atoms with Crippen LogP contribution in [0.5, 0.6) is 11.5 Å². The minimum atomic E-state index is -1.15. The van der Waals surface area contributed by atoms with Crippen molar-refractivity contribution < 1.29 is 47.3 Å². The van der Waals surface area contributed by atoms with Crippen molar-refractivity contribution in [3.63, 3.8) is 0 Å². The number of ether oxygens (including phenoxy) is 5. The van der Waals surface area contributed by atoms with Crippen LogP contribution in [0.3, 0.4) is 0 Å². The summed E-state index contributed by atoms with van der Waals surface area (Å²) in [6.45, 7) is 6.80. The van der Waals surface area contributed by atoms with Gasteiger partial charge in [0.25, 0.3) is 0 Å². The summed E-state index contributed by atoms with van der Waals surface area (Å²) in [5, 5.41) is -0.131. The van der Waals surface area contributed by atoms with Crippen molar-refractivity contribution in [2.45, 2.75) is 17.7 Å². The molecule has 0 saturated carbocycles. The quantitative estimate of drug-likeness (QED) is 0.0527. The van der Waals surface area contributed by atoms with Gasteiger partial charge in [0.1, 0.15) is 24.7 Å². The lowest BCUT2D eigenvalue weighted by molar-refractivity contribution is -0.144. The first kappa shape index (κ1) is 35.3.